The van der Waals surface area contributed by atoms with Gasteiger partial charge in [0.05, 0.1) is 23.9 Å². The van der Waals surface area contributed by atoms with Crippen LogP contribution in [0.1, 0.15) is 136 Å². The lowest BCUT2D eigenvalue weighted by molar-refractivity contribution is -0.265. The first-order chi connectivity index (χ1) is 34.7. The van der Waals surface area contributed by atoms with Crippen molar-refractivity contribution in [3.05, 3.63) is 83.5 Å². The number of ether oxygens (including phenoxy) is 6. The minimum Gasteiger partial charge on any atom is -0.460 e. The van der Waals surface area contributed by atoms with Gasteiger partial charge in [0, 0.05) is 58.5 Å². The number of fused-ring (bicyclic) bond motifs is 3. The summed E-state index contributed by atoms with van der Waals surface area (Å²) in [6.45, 7) is 12.7. The molecule has 3 aliphatic heterocycles. The molecule has 3 fully saturated rings. The topological polar surface area (TPSA) is 201 Å². The van der Waals surface area contributed by atoms with Crippen LogP contribution in [0.25, 0.3) is 0 Å². The molecule has 0 spiro atoms. The van der Waals surface area contributed by atoms with Gasteiger partial charge in [-0.1, -0.05) is 89.3 Å². The minimum absolute atomic E-state index is 0.00536. The van der Waals surface area contributed by atoms with E-state index in [1.54, 1.807) is 65.3 Å². The summed E-state index contributed by atoms with van der Waals surface area (Å²) in [5, 5.41) is 23.5. The number of nitrogens with zero attached hydrogens (tertiary/aromatic N) is 1. The van der Waals surface area contributed by atoms with Crippen molar-refractivity contribution in [2.45, 2.75) is 180 Å². The highest BCUT2D eigenvalue weighted by molar-refractivity contribution is 6.39. The fourth-order valence-corrected chi connectivity index (χ4v) is 11.0. The quantitative estimate of drug-likeness (QED) is 0.144. The number of carbonyl (C=O) groups excluding carboxylic acids is 6. The van der Waals surface area contributed by atoms with Crippen molar-refractivity contribution in [3.63, 3.8) is 0 Å². The number of ketones is 3. The number of carbonyl (C=O) groups is 6. The van der Waals surface area contributed by atoms with E-state index >= 15 is 0 Å². The molecule has 2 unspecified atom stereocenters. The second-order valence-electron chi connectivity index (χ2n) is 21.3. The SMILES string of the molecule is COC1C[C@@H]2CC[C@@H](C)[C@@](O)(O2)C(=O)C(=O)N2CCCC[C@H]2C(=O)O[C@H]([C@H](C)C[C@@H]2CC[C@@H](OC(=O)c3ccccc3)[C@H](OC)C2)CC(=O)[C@H](C)/C=C(\C)[C@@H](O)C(OC)C(=O)[C@H](C)C[C@H](C)/C=C/C=C/C=C/1C. The van der Waals surface area contributed by atoms with Crippen LogP contribution in [0.4, 0.5) is 0 Å². The van der Waals surface area contributed by atoms with Gasteiger partial charge in [-0.25, -0.2) is 9.59 Å². The van der Waals surface area contributed by atoms with Gasteiger partial charge in [0.25, 0.3) is 11.7 Å². The number of hydrogen-bond acceptors (Lipinski definition) is 14. The van der Waals surface area contributed by atoms with Crippen molar-refractivity contribution in [3.8, 4) is 0 Å². The number of aliphatic hydroxyl groups is 2. The Balaban J connectivity index is 1.44. The zero-order valence-electron chi connectivity index (χ0n) is 44.9. The lowest BCUT2D eigenvalue weighted by Gasteiger charge is -2.42. The molecule has 1 amide bonds. The summed E-state index contributed by atoms with van der Waals surface area (Å²) >= 11 is 0. The molecule has 1 aromatic carbocycles. The van der Waals surface area contributed by atoms with E-state index in [-0.39, 0.29) is 42.8 Å². The molecule has 15 atom stereocenters. The minimum atomic E-state index is -2.45. The number of cyclic esters (lactones) is 1. The van der Waals surface area contributed by atoms with Crippen molar-refractivity contribution in [1.82, 2.24) is 4.90 Å². The number of methoxy groups -OCH3 is 3. The number of piperidine rings is 1. The van der Waals surface area contributed by atoms with Gasteiger partial charge in [-0.15, -0.1) is 0 Å². The van der Waals surface area contributed by atoms with Gasteiger partial charge in [-0.2, -0.15) is 0 Å². The molecule has 0 radical (unpaired) electrons. The zero-order chi connectivity index (χ0) is 53.6. The second-order valence-corrected chi connectivity index (χ2v) is 21.3. The Labute approximate surface area is 433 Å². The summed E-state index contributed by atoms with van der Waals surface area (Å²) in [6, 6.07) is 7.59. The molecule has 2 N–H and O–H groups in total. The number of amides is 1. The van der Waals surface area contributed by atoms with Crippen LogP contribution in [0, 0.1) is 35.5 Å². The Hall–Kier alpha value is -4.64. The van der Waals surface area contributed by atoms with Crippen molar-refractivity contribution in [2.24, 2.45) is 35.5 Å². The number of allylic oxidation sites excluding steroid dienone is 6. The van der Waals surface area contributed by atoms with Gasteiger partial charge in [-0.3, -0.25) is 19.2 Å². The van der Waals surface area contributed by atoms with Gasteiger partial charge in [0.15, 0.2) is 5.78 Å². The zero-order valence-corrected chi connectivity index (χ0v) is 44.9. The van der Waals surface area contributed by atoms with Crippen LogP contribution in [0.2, 0.25) is 0 Å². The third kappa shape index (κ3) is 15.7. The molecule has 4 aliphatic rings. The molecule has 15 heteroatoms. The highest BCUT2D eigenvalue weighted by Gasteiger charge is 2.53. The lowest BCUT2D eigenvalue weighted by atomic mass is 9.78. The van der Waals surface area contributed by atoms with Crippen LogP contribution in [0.3, 0.4) is 0 Å². The van der Waals surface area contributed by atoms with E-state index in [9.17, 15) is 39.0 Å². The van der Waals surface area contributed by atoms with E-state index in [1.165, 1.54) is 12.0 Å². The maximum Gasteiger partial charge on any atom is 0.338 e. The average Bonchev–Trinajstić information content (AvgIpc) is 3.38. The van der Waals surface area contributed by atoms with E-state index in [2.05, 4.69) is 0 Å². The van der Waals surface area contributed by atoms with Crippen LogP contribution < -0.4 is 0 Å². The van der Waals surface area contributed by atoms with Crippen molar-refractivity contribution in [1.29, 1.82) is 0 Å². The summed E-state index contributed by atoms with van der Waals surface area (Å²) in [6.07, 6.45) is 10.8. The third-order valence-electron chi connectivity index (χ3n) is 15.7. The monoisotopic (exact) mass is 1020 g/mol. The van der Waals surface area contributed by atoms with Gasteiger partial charge in [0.2, 0.25) is 5.79 Å². The molecule has 1 aromatic rings. The third-order valence-corrected chi connectivity index (χ3v) is 15.7. The predicted molar refractivity (Wildman–Crippen MR) is 275 cm³/mol. The molecule has 1 saturated carbocycles. The Kier molecular flexibility index (Phi) is 22.5. The lowest BCUT2D eigenvalue weighted by Crippen LogP contribution is -2.61. The van der Waals surface area contributed by atoms with Gasteiger partial charge in [0.1, 0.15) is 36.2 Å². The van der Waals surface area contributed by atoms with Gasteiger partial charge >= 0.3 is 11.9 Å². The molecule has 2 saturated heterocycles. The largest absolute Gasteiger partial charge is 0.460 e. The first kappa shape index (κ1) is 59.2. The van der Waals surface area contributed by atoms with Crippen molar-refractivity contribution < 1.29 is 67.4 Å². The van der Waals surface area contributed by atoms with Crippen LogP contribution in [0.15, 0.2) is 77.9 Å². The Morgan fingerprint density at radius 3 is 2.25 bits per heavy atom. The summed E-state index contributed by atoms with van der Waals surface area (Å²) in [5.74, 6) is -8.71. The summed E-state index contributed by atoms with van der Waals surface area (Å²) < 4.78 is 35.8. The number of benzene rings is 1. The fourth-order valence-electron chi connectivity index (χ4n) is 11.0. The van der Waals surface area contributed by atoms with Gasteiger partial charge < -0.3 is 43.5 Å². The Bertz CT molecular complexity index is 2170. The molecule has 3 heterocycles. The number of hydrogen-bond donors (Lipinski definition) is 2. The van der Waals surface area contributed by atoms with Crippen LogP contribution >= 0.6 is 0 Å². The molecule has 15 nitrogen and oxygen atoms in total. The number of esters is 2. The Morgan fingerprint density at radius 1 is 0.836 bits per heavy atom. The van der Waals surface area contributed by atoms with E-state index in [4.69, 9.17) is 28.4 Å². The number of Topliss-reactive ketones (excluding diaryl/α,β-unsaturated/α-hetero) is 3. The number of rotatable bonds is 8. The standard InChI is InChI=1S/C58H83NO14/c1-35-19-13-11-14-20-36(2)48(68-8)33-44-26-24-41(7)58(67,73-44)54(63)55(64)59-28-18-17-23-45(59)57(66)72-49(34-46(60)37(3)30-40(6)52(62)53(70-10)51(61)39(5)29-35)38(4)31-42-25-27-47(50(32-42)69-9)71-56(65)43-21-15-12-16-22-43/h11-16,19-22,30,35,37-39,41-42,44-45,47-50,52-53,62,67H,17-18,23-29,31-34H2,1-10H3/b14-11+,19-13+,36-20+,40-30+/t35-,37-,38-,39-,41-,42+,44+,45+,47-,48?,49+,50-,52-,53?,58-/m1/s1. The van der Waals surface area contributed by atoms with Crippen molar-refractivity contribution in [2.75, 3.05) is 27.9 Å². The first-order valence-electron chi connectivity index (χ1n) is 26.5. The van der Waals surface area contributed by atoms with Crippen LogP contribution in [0.5, 0.6) is 0 Å². The van der Waals surface area contributed by atoms with E-state index in [0.29, 0.717) is 75.3 Å². The highest BCUT2D eigenvalue weighted by Crippen LogP contribution is 2.38. The van der Waals surface area contributed by atoms with Crippen molar-refractivity contribution >= 4 is 35.2 Å². The molecule has 1 aliphatic carbocycles. The average molecular weight is 1020 g/mol. The molecule has 0 aromatic heterocycles. The van der Waals surface area contributed by atoms with E-state index < -0.39 is 102 Å². The first-order valence-corrected chi connectivity index (χ1v) is 26.5. The normalized spacial score (nSPS) is 37.1. The molecule has 2 bridgehead atoms. The molecule has 5 rings (SSSR count). The molecule has 404 valence electrons. The van der Waals surface area contributed by atoms with Crippen LogP contribution in [-0.2, 0) is 52.4 Å². The summed E-state index contributed by atoms with van der Waals surface area (Å²) in [7, 11) is 4.53. The van der Waals surface area contributed by atoms with E-state index in [0.717, 1.165) is 5.57 Å². The second kappa shape index (κ2) is 27.8. The summed E-state index contributed by atoms with van der Waals surface area (Å²) in [5.41, 5.74) is 1.69. The Morgan fingerprint density at radius 2 is 1.56 bits per heavy atom. The molecule has 73 heavy (non-hydrogen) atoms. The molecular formula is C58H83NO14. The molecular weight excluding hydrogens is 935 g/mol. The number of aliphatic hydroxyl groups excluding tert-OH is 1. The van der Waals surface area contributed by atoms with Crippen LogP contribution in [-0.4, -0.2) is 133 Å². The van der Waals surface area contributed by atoms with E-state index in [1.807, 2.05) is 64.1 Å². The highest BCUT2D eigenvalue weighted by atomic mass is 16.6. The fraction of sp³-hybridized carbons (Fsp3) is 0.655. The summed E-state index contributed by atoms with van der Waals surface area (Å²) in [4.78, 5) is 85.5. The van der Waals surface area contributed by atoms with Gasteiger partial charge in [-0.05, 0) is 119 Å². The maximum atomic E-state index is 14.6. The maximum absolute atomic E-state index is 14.6. The smallest absolute Gasteiger partial charge is 0.338 e. The predicted octanol–water partition coefficient (Wildman–Crippen LogP) is 8.05.